The Bertz CT molecular complexity index is 714. The van der Waals surface area contributed by atoms with Gasteiger partial charge in [-0.1, -0.05) is 41.9 Å². The lowest BCUT2D eigenvalue weighted by atomic mass is 9.97. The summed E-state index contributed by atoms with van der Waals surface area (Å²) in [6.07, 6.45) is 0.815. The van der Waals surface area contributed by atoms with Gasteiger partial charge in [0.1, 0.15) is 5.75 Å². The average Bonchev–Trinajstić information content (AvgIpc) is 2.95. The lowest BCUT2D eigenvalue weighted by Crippen LogP contribution is -2.37. The summed E-state index contributed by atoms with van der Waals surface area (Å²) in [4.78, 5) is 0. The first kappa shape index (κ1) is 12.7. The van der Waals surface area contributed by atoms with E-state index >= 15 is 0 Å². The zero-order valence-corrected chi connectivity index (χ0v) is 12.4. The Morgan fingerprint density at radius 3 is 2.81 bits per heavy atom. The number of hydrogen-bond donors (Lipinski definition) is 0. The number of rotatable bonds is 1. The summed E-state index contributed by atoms with van der Waals surface area (Å²) >= 11 is 6.15. The largest absolute Gasteiger partial charge is 0.469 e. The molecule has 0 radical (unpaired) electrons. The fraction of sp³-hybridized carbons (Fsp3) is 0.235. The molecule has 0 aliphatic carbocycles. The smallest absolute Gasteiger partial charge is 0.185 e. The summed E-state index contributed by atoms with van der Waals surface area (Å²) in [5, 5.41) is 7.55. The number of benzene rings is 2. The third-order valence-electron chi connectivity index (χ3n) is 4.05. The van der Waals surface area contributed by atoms with Crippen LogP contribution < -0.4 is 4.74 Å². The Morgan fingerprint density at radius 1 is 1.19 bits per heavy atom. The van der Waals surface area contributed by atoms with Gasteiger partial charge in [-0.05, 0) is 30.7 Å². The Balaban J connectivity index is 1.74. The Hall–Kier alpha value is -2.00. The molecule has 0 spiro atoms. The van der Waals surface area contributed by atoms with Gasteiger partial charge in [0, 0.05) is 17.0 Å². The van der Waals surface area contributed by atoms with Crippen molar-refractivity contribution in [2.45, 2.75) is 25.6 Å². The first-order chi connectivity index (χ1) is 10.2. The van der Waals surface area contributed by atoms with Crippen molar-refractivity contribution >= 4 is 17.3 Å². The van der Waals surface area contributed by atoms with Gasteiger partial charge in [0.15, 0.2) is 6.23 Å². The molecule has 2 aliphatic rings. The standard InChI is InChI=1S/C17H15ClN2O/c1-11-20-16(14-9-13(18)7-8-17(14)21-11)10-15(19-20)12-5-3-2-4-6-12/h2-9,11,16H,10H2,1H3. The van der Waals surface area contributed by atoms with Crippen molar-refractivity contribution in [3.05, 3.63) is 64.7 Å². The van der Waals surface area contributed by atoms with Crippen LogP contribution in [0.5, 0.6) is 5.75 Å². The summed E-state index contributed by atoms with van der Waals surface area (Å²) in [6, 6.07) is 16.3. The molecule has 0 saturated heterocycles. The van der Waals surface area contributed by atoms with Gasteiger partial charge in [0.2, 0.25) is 0 Å². The summed E-state index contributed by atoms with van der Waals surface area (Å²) in [5.41, 5.74) is 3.39. The van der Waals surface area contributed by atoms with Gasteiger partial charge >= 0.3 is 0 Å². The van der Waals surface area contributed by atoms with Crippen molar-refractivity contribution in [3.8, 4) is 5.75 Å². The van der Waals surface area contributed by atoms with Crippen molar-refractivity contribution < 1.29 is 4.74 Å². The van der Waals surface area contributed by atoms with E-state index in [-0.39, 0.29) is 12.3 Å². The molecule has 0 bridgehead atoms. The molecule has 0 saturated carbocycles. The van der Waals surface area contributed by atoms with Crippen molar-refractivity contribution in [2.75, 3.05) is 0 Å². The summed E-state index contributed by atoms with van der Waals surface area (Å²) in [6.45, 7) is 2.03. The van der Waals surface area contributed by atoms with Gasteiger partial charge in [-0.15, -0.1) is 0 Å². The molecule has 106 valence electrons. The van der Waals surface area contributed by atoms with Crippen LogP contribution in [0.3, 0.4) is 0 Å². The van der Waals surface area contributed by atoms with Gasteiger partial charge in [-0.3, -0.25) is 5.01 Å². The summed E-state index contributed by atoms with van der Waals surface area (Å²) in [7, 11) is 0. The molecule has 4 heteroatoms. The molecule has 3 nitrogen and oxygen atoms in total. The molecule has 0 amide bonds. The third kappa shape index (κ3) is 2.09. The first-order valence-electron chi connectivity index (χ1n) is 7.10. The van der Waals surface area contributed by atoms with E-state index in [0.717, 1.165) is 28.5 Å². The van der Waals surface area contributed by atoms with Crippen LogP contribution in [0.4, 0.5) is 0 Å². The van der Waals surface area contributed by atoms with E-state index < -0.39 is 0 Å². The van der Waals surface area contributed by atoms with E-state index in [1.54, 1.807) is 0 Å². The zero-order chi connectivity index (χ0) is 14.4. The maximum absolute atomic E-state index is 6.15. The van der Waals surface area contributed by atoms with Crippen LogP contribution in [-0.4, -0.2) is 16.9 Å². The Labute approximate surface area is 128 Å². The van der Waals surface area contributed by atoms with Crippen LogP contribution in [-0.2, 0) is 0 Å². The maximum Gasteiger partial charge on any atom is 0.185 e. The highest BCUT2D eigenvalue weighted by molar-refractivity contribution is 6.30. The molecular weight excluding hydrogens is 284 g/mol. The predicted octanol–water partition coefficient (Wildman–Crippen LogP) is 4.23. The zero-order valence-electron chi connectivity index (χ0n) is 11.7. The van der Waals surface area contributed by atoms with Gasteiger partial charge < -0.3 is 4.74 Å². The molecule has 0 N–H and O–H groups in total. The van der Waals surface area contributed by atoms with E-state index in [9.17, 15) is 0 Å². The molecule has 2 aromatic rings. The van der Waals surface area contributed by atoms with Crippen LogP contribution in [0.1, 0.15) is 30.5 Å². The second kappa shape index (κ2) is 4.78. The summed E-state index contributed by atoms with van der Waals surface area (Å²) in [5.74, 6) is 0.915. The highest BCUT2D eigenvalue weighted by Crippen LogP contribution is 2.43. The van der Waals surface area contributed by atoms with E-state index in [1.807, 2.05) is 48.3 Å². The topological polar surface area (TPSA) is 24.8 Å². The van der Waals surface area contributed by atoms with Gasteiger partial charge in [-0.2, -0.15) is 5.10 Å². The average molecular weight is 299 g/mol. The minimum absolute atomic E-state index is 0.0649. The number of hydrazone groups is 1. The molecule has 0 aromatic heterocycles. The van der Waals surface area contributed by atoms with Gasteiger partial charge in [0.25, 0.3) is 0 Å². The van der Waals surface area contributed by atoms with Crippen LogP contribution in [0.2, 0.25) is 5.02 Å². The third-order valence-corrected chi connectivity index (χ3v) is 4.29. The lowest BCUT2D eigenvalue weighted by molar-refractivity contribution is -0.00334. The highest BCUT2D eigenvalue weighted by Gasteiger charge is 2.38. The normalized spacial score (nSPS) is 23.1. The second-order valence-corrected chi connectivity index (χ2v) is 5.85. The van der Waals surface area contributed by atoms with Crippen molar-refractivity contribution in [1.82, 2.24) is 5.01 Å². The number of fused-ring (bicyclic) bond motifs is 3. The van der Waals surface area contributed by atoms with E-state index in [1.165, 1.54) is 5.56 Å². The second-order valence-electron chi connectivity index (χ2n) is 5.41. The van der Waals surface area contributed by atoms with Gasteiger partial charge in [-0.25, -0.2) is 0 Å². The number of ether oxygens (including phenoxy) is 1. The lowest BCUT2D eigenvalue weighted by Gasteiger charge is -2.36. The van der Waals surface area contributed by atoms with Gasteiger partial charge in [0.05, 0.1) is 11.8 Å². The Morgan fingerprint density at radius 2 is 2.00 bits per heavy atom. The Kier molecular flexibility index (Phi) is 2.89. The predicted molar refractivity (Wildman–Crippen MR) is 83.7 cm³/mol. The molecule has 2 atom stereocenters. The fourth-order valence-electron chi connectivity index (χ4n) is 3.04. The van der Waals surface area contributed by atoms with Crippen molar-refractivity contribution in [2.24, 2.45) is 5.10 Å². The van der Waals surface area contributed by atoms with Crippen molar-refractivity contribution in [3.63, 3.8) is 0 Å². The van der Waals surface area contributed by atoms with E-state index in [2.05, 4.69) is 12.1 Å². The first-order valence-corrected chi connectivity index (χ1v) is 7.47. The number of hydrogen-bond acceptors (Lipinski definition) is 3. The quantitative estimate of drug-likeness (QED) is 0.787. The van der Waals surface area contributed by atoms with Crippen LogP contribution >= 0.6 is 11.6 Å². The van der Waals surface area contributed by atoms with Crippen LogP contribution in [0.15, 0.2) is 53.6 Å². The SMILES string of the molecule is CC1Oc2ccc(Cl)cc2C2CC(c3ccccc3)=NN12. The molecule has 21 heavy (non-hydrogen) atoms. The molecule has 2 unspecified atom stereocenters. The highest BCUT2D eigenvalue weighted by atomic mass is 35.5. The fourth-order valence-corrected chi connectivity index (χ4v) is 3.23. The van der Waals surface area contributed by atoms with Crippen molar-refractivity contribution in [1.29, 1.82) is 0 Å². The van der Waals surface area contributed by atoms with Crippen LogP contribution in [0, 0.1) is 0 Å². The molecule has 2 heterocycles. The molecule has 0 fully saturated rings. The monoisotopic (exact) mass is 298 g/mol. The molecular formula is C17H15ClN2O. The number of halogens is 1. The summed E-state index contributed by atoms with van der Waals surface area (Å²) < 4.78 is 5.95. The van der Waals surface area contributed by atoms with E-state index in [0.29, 0.717) is 0 Å². The minimum Gasteiger partial charge on any atom is -0.469 e. The molecule has 2 aromatic carbocycles. The van der Waals surface area contributed by atoms with Crippen LogP contribution in [0.25, 0.3) is 0 Å². The molecule has 2 aliphatic heterocycles. The maximum atomic E-state index is 6.15. The molecule has 4 rings (SSSR count). The van der Waals surface area contributed by atoms with E-state index in [4.69, 9.17) is 21.4 Å². The number of nitrogens with zero attached hydrogens (tertiary/aromatic N) is 2. The minimum atomic E-state index is -0.0649.